The van der Waals surface area contributed by atoms with Gasteiger partial charge in [-0.15, -0.1) is 11.3 Å². The maximum absolute atomic E-state index is 2.43. The number of thiophene rings is 1. The number of hydrogen-bond donors (Lipinski definition) is 0. The van der Waals surface area contributed by atoms with Gasteiger partial charge in [-0.05, 0) is 70.9 Å². The first-order valence-corrected chi connectivity index (χ1v) is 10.8. The SMILES string of the molecule is CC(C)CC[C@@H]1Cc2ccccc2[C@H](c2cccc(-c3cccs3)c2)C1. The zero-order valence-electron chi connectivity index (χ0n) is 15.8. The summed E-state index contributed by atoms with van der Waals surface area (Å²) in [6, 6.07) is 22.8. The minimum absolute atomic E-state index is 0.539. The highest BCUT2D eigenvalue weighted by Crippen LogP contribution is 2.42. The second kappa shape index (κ2) is 7.80. The van der Waals surface area contributed by atoms with E-state index in [2.05, 4.69) is 79.9 Å². The summed E-state index contributed by atoms with van der Waals surface area (Å²) in [5, 5.41) is 2.17. The lowest BCUT2D eigenvalue weighted by Crippen LogP contribution is -2.20. The standard InChI is InChI=1S/C25H28S/c1-18(2)12-13-19-15-20-7-3-4-10-23(20)24(16-19)21-8-5-9-22(17-21)25-11-6-14-26-25/h3-11,14,17-19,24H,12-13,15-16H2,1-2H3/t19-,24+/m1/s1. The van der Waals surface area contributed by atoms with E-state index in [-0.39, 0.29) is 0 Å². The molecule has 1 heterocycles. The Kier molecular flexibility index (Phi) is 5.26. The van der Waals surface area contributed by atoms with E-state index < -0.39 is 0 Å². The third kappa shape index (κ3) is 3.78. The van der Waals surface area contributed by atoms with Crippen molar-refractivity contribution in [3.8, 4) is 10.4 Å². The van der Waals surface area contributed by atoms with Gasteiger partial charge in [0.05, 0.1) is 0 Å². The molecule has 2 aromatic carbocycles. The van der Waals surface area contributed by atoms with E-state index in [0.717, 1.165) is 11.8 Å². The van der Waals surface area contributed by atoms with E-state index in [1.165, 1.54) is 41.7 Å². The van der Waals surface area contributed by atoms with Gasteiger partial charge in [0.15, 0.2) is 0 Å². The largest absolute Gasteiger partial charge is 0.144 e. The first kappa shape index (κ1) is 17.5. The first-order valence-electron chi connectivity index (χ1n) is 9.92. The molecule has 0 unspecified atom stereocenters. The molecule has 4 rings (SSSR count). The number of hydrogen-bond acceptors (Lipinski definition) is 1. The third-order valence-corrected chi connectivity index (χ3v) is 6.67. The van der Waals surface area contributed by atoms with Gasteiger partial charge in [0.25, 0.3) is 0 Å². The third-order valence-electron chi connectivity index (χ3n) is 5.76. The molecule has 0 nitrogen and oxygen atoms in total. The molecule has 1 heteroatoms. The molecule has 0 saturated heterocycles. The van der Waals surface area contributed by atoms with E-state index in [1.54, 1.807) is 11.1 Å². The Labute approximate surface area is 161 Å². The van der Waals surface area contributed by atoms with Gasteiger partial charge in [-0.2, -0.15) is 0 Å². The lowest BCUT2D eigenvalue weighted by molar-refractivity contribution is 0.366. The van der Waals surface area contributed by atoms with Gasteiger partial charge in [0, 0.05) is 10.8 Å². The molecule has 0 bridgehead atoms. The van der Waals surface area contributed by atoms with Crippen LogP contribution in [0.5, 0.6) is 0 Å². The van der Waals surface area contributed by atoms with Gasteiger partial charge < -0.3 is 0 Å². The van der Waals surface area contributed by atoms with E-state index in [1.807, 2.05) is 11.3 Å². The van der Waals surface area contributed by atoms with E-state index in [0.29, 0.717) is 5.92 Å². The molecule has 2 atom stereocenters. The van der Waals surface area contributed by atoms with Gasteiger partial charge in [0.1, 0.15) is 0 Å². The number of fused-ring (bicyclic) bond motifs is 1. The highest BCUT2D eigenvalue weighted by Gasteiger charge is 2.28. The maximum Gasteiger partial charge on any atom is 0.0342 e. The minimum Gasteiger partial charge on any atom is -0.144 e. The number of benzene rings is 2. The zero-order chi connectivity index (χ0) is 17.9. The molecular formula is C25H28S. The summed E-state index contributed by atoms with van der Waals surface area (Å²) in [4.78, 5) is 1.37. The van der Waals surface area contributed by atoms with E-state index >= 15 is 0 Å². The molecule has 0 saturated carbocycles. The highest BCUT2D eigenvalue weighted by molar-refractivity contribution is 7.13. The predicted octanol–water partition coefficient (Wildman–Crippen LogP) is 7.55. The monoisotopic (exact) mass is 360 g/mol. The molecule has 26 heavy (non-hydrogen) atoms. The Hall–Kier alpha value is -1.86. The molecular weight excluding hydrogens is 332 g/mol. The van der Waals surface area contributed by atoms with Crippen molar-refractivity contribution in [1.82, 2.24) is 0 Å². The normalized spacial score (nSPS) is 19.5. The molecule has 0 spiro atoms. The van der Waals surface area contributed by atoms with Crippen molar-refractivity contribution in [2.45, 2.75) is 45.4 Å². The van der Waals surface area contributed by atoms with Crippen LogP contribution in [0.15, 0.2) is 66.0 Å². The fourth-order valence-electron chi connectivity index (χ4n) is 4.37. The Balaban J connectivity index is 1.67. The average molecular weight is 361 g/mol. The van der Waals surface area contributed by atoms with Gasteiger partial charge in [0.2, 0.25) is 0 Å². The average Bonchev–Trinajstić information content (AvgIpc) is 3.20. The Bertz CT molecular complexity index is 844. The van der Waals surface area contributed by atoms with Crippen molar-refractivity contribution >= 4 is 11.3 Å². The van der Waals surface area contributed by atoms with E-state index in [4.69, 9.17) is 0 Å². The van der Waals surface area contributed by atoms with Crippen molar-refractivity contribution in [2.24, 2.45) is 11.8 Å². The summed E-state index contributed by atoms with van der Waals surface area (Å²) in [6.45, 7) is 4.69. The Morgan fingerprint density at radius 2 is 1.88 bits per heavy atom. The van der Waals surface area contributed by atoms with Gasteiger partial charge in [-0.1, -0.05) is 68.8 Å². The van der Waals surface area contributed by atoms with Crippen LogP contribution in [0.1, 0.15) is 55.7 Å². The second-order valence-corrected chi connectivity index (χ2v) is 9.08. The summed E-state index contributed by atoms with van der Waals surface area (Å²) in [5.74, 6) is 2.15. The first-order chi connectivity index (χ1) is 12.7. The molecule has 3 aromatic rings. The van der Waals surface area contributed by atoms with Crippen molar-refractivity contribution < 1.29 is 0 Å². The summed E-state index contributed by atoms with van der Waals surface area (Å²) >= 11 is 1.83. The van der Waals surface area contributed by atoms with Crippen molar-refractivity contribution in [3.05, 3.63) is 82.7 Å². The minimum atomic E-state index is 0.539. The van der Waals surface area contributed by atoms with Crippen LogP contribution in [0.2, 0.25) is 0 Å². The van der Waals surface area contributed by atoms with Crippen LogP contribution in [0.25, 0.3) is 10.4 Å². The predicted molar refractivity (Wildman–Crippen MR) is 114 cm³/mol. The fourth-order valence-corrected chi connectivity index (χ4v) is 5.09. The molecule has 1 aliphatic rings. The van der Waals surface area contributed by atoms with Crippen LogP contribution in [-0.2, 0) is 6.42 Å². The van der Waals surface area contributed by atoms with Gasteiger partial charge in [-0.25, -0.2) is 0 Å². The zero-order valence-corrected chi connectivity index (χ0v) is 16.6. The number of rotatable bonds is 5. The van der Waals surface area contributed by atoms with Crippen molar-refractivity contribution in [1.29, 1.82) is 0 Å². The fraction of sp³-hybridized carbons (Fsp3) is 0.360. The summed E-state index contributed by atoms with van der Waals surface area (Å²) in [7, 11) is 0. The highest BCUT2D eigenvalue weighted by atomic mass is 32.1. The van der Waals surface area contributed by atoms with Crippen LogP contribution < -0.4 is 0 Å². The molecule has 0 amide bonds. The Morgan fingerprint density at radius 1 is 1.00 bits per heavy atom. The summed E-state index contributed by atoms with van der Waals surface area (Å²) in [6.07, 6.45) is 5.24. The molecule has 0 fully saturated rings. The molecule has 134 valence electrons. The maximum atomic E-state index is 2.43. The summed E-state index contributed by atoms with van der Waals surface area (Å²) in [5.41, 5.74) is 5.97. The molecule has 1 aliphatic carbocycles. The van der Waals surface area contributed by atoms with Gasteiger partial charge in [-0.3, -0.25) is 0 Å². The molecule has 0 radical (unpaired) electrons. The quantitative estimate of drug-likeness (QED) is 0.441. The van der Waals surface area contributed by atoms with Crippen LogP contribution in [0, 0.1) is 11.8 Å². The molecule has 0 N–H and O–H groups in total. The van der Waals surface area contributed by atoms with Crippen LogP contribution in [-0.4, -0.2) is 0 Å². The second-order valence-electron chi connectivity index (χ2n) is 8.13. The smallest absolute Gasteiger partial charge is 0.0342 e. The van der Waals surface area contributed by atoms with E-state index in [9.17, 15) is 0 Å². The molecule has 0 aliphatic heterocycles. The lowest BCUT2D eigenvalue weighted by Gasteiger charge is -2.32. The van der Waals surface area contributed by atoms with Crippen molar-refractivity contribution in [3.63, 3.8) is 0 Å². The molecule has 1 aromatic heterocycles. The Morgan fingerprint density at radius 3 is 2.69 bits per heavy atom. The van der Waals surface area contributed by atoms with Gasteiger partial charge >= 0.3 is 0 Å². The van der Waals surface area contributed by atoms with Crippen LogP contribution >= 0.6 is 11.3 Å². The lowest BCUT2D eigenvalue weighted by atomic mass is 9.72. The van der Waals surface area contributed by atoms with Crippen LogP contribution in [0.3, 0.4) is 0 Å². The van der Waals surface area contributed by atoms with Crippen LogP contribution in [0.4, 0.5) is 0 Å². The van der Waals surface area contributed by atoms with Crippen molar-refractivity contribution in [2.75, 3.05) is 0 Å². The summed E-state index contributed by atoms with van der Waals surface area (Å²) < 4.78 is 0. The topological polar surface area (TPSA) is 0 Å².